The zero-order valence-corrected chi connectivity index (χ0v) is 10.1. The van der Waals surface area contributed by atoms with E-state index in [1.165, 1.54) is 24.3 Å². The van der Waals surface area contributed by atoms with Crippen molar-refractivity contribution in [3.63, 3.8) is 0 Å². The first-order valence-corrected chi connectivity index (χ1v) is 5.54. The molecule has 2 N–H and O–H groups in total. The molecule has 2 aromatic rings. The Morgan fingerprint density at radius 1 is 1.16 bits per heavy atom. The molecule has 0 heterocycles. The molecule has 0 bridgehead atoms. The van der Waals surface area contributed by atoms with Crippen LogP contribution in [0.25, 0.3) is 0 Å². The van der Waals surface area contributed by atoms with E-state index in [0.717, 1.165) is 11.6 Å². The highest BCUT2D eigenvalue weighted by atomic mass is 19.1. The number of benzene rings is 2. The van der Waals surface area contributed by atoms with Gasteiger partial charge in [0.05, 0.1) is 5.69 Å². The number of nitrogens with one attached hydrogen (secondary N) is 1. The highest BCUT2D eigenvalue weighted by Gasteiger charge is 2.17. The molecule has 0 saturated carbocycles. The Kier molecular flexibility index (Phi) is 3.46. The van der Waals surface area contributed by atoms with Gasteiger partial charge in [-0.05, 0) is 36.8 Å². The van der Waals surface area contributed by atoms with Crippen molar-refractivity contribution >= 4 is 11.6 Å². The number of rotatable bonds is 2. The molecule has 0 unspecified atom stereocenters. The molecule has 98 valence electrons. The predicted molar refractivity (Wildman–Crippen MR) is 67.2 cm³/mol. The van der Waals surface area contributed by atoms with Crippen LogP contribution in [0, 0.1) is 18.6 Å². The largest absolute Gasteiger partial charge is 0.507 e. The van der Waals surface area contributed by atoms with Gasteiger partial charge in [-0.2, -0.15) is 0 Å². The number of hydrogen-bond acceptors (Lipinski definition) is 2. The Bertz CT molecular complexity index is 621. The summed E-state index contributed by atoms with van der Waals surface area (Å²) in [4.78, 5) is 11.8. The van der Waals surface area contributed by atoms with Gasteiger partial charge in [0.2, 0.25) is 0 Å². The molecule has 0 atom stereocenters. The van der Waals surface area contributed by atoms with Crippen molar-refractivity contribution in [3.05, 3.63) is 59.2 Å². The molecule has 0 saturated heterocycles. The number of aromatic hydroxyl groups is 1. The summed E-state index contributed by atoms with van der Waals surface area (Å²) in [5.41, 5.74) is 0.172. The minimum absolute atomic E-state index is 0.0624. The van der Waals surface area contributed by atoms with Gasteiger partial charge in [0.1, 0.15) is 22.9 Å². The number of carbonyl (C=O) groups is 1. The predicted octanol–water partition coefficient (Wildman–Crippen LogP) is 3.23. The number of carbonyl (C=O) groups excluding carboxylic acids is 1. The minimum atomic E-state index is -0.903. The third-order valence-corrected chi connectivity index (χ3v) is 2.59. The van der Waals surface area contributed by atoms with Crippen molar-refractivity contribution in [2.75, 3.05) is 5.32 Å². The third-order valence-electron chi connectivity index (χ3n) is 2.59. The van der Waals surface area contributed by atoms with Crippen LogP contribution in [-0.2, 0) is 0 Å². The van der Waals surface area contributed by atoms with E-state index in [9.17, 15) is 18.7 Å². The second kappa shape index (κ2) is 5.06. The highest BCUT2D eigenvalue weighted by molar-refractivity contribution is 6.06. The summed E-state index contributed by atoms with van der Waals surface area (Å²) in [6.07, 6.45) is 0. The van der Waals surface area contributed by atoms with Crippen molar-refractivity contribution in [1.29, 1.82) is 0 Å². The Labute approximate surface area is 108 Å². The van der Waals surface area contributed by atoms with Gasteiger partial charge in [-0.15, -0.1) is 0 Å². The number of halogens is 2. The first-order chi connectivity index (χ1) is 8.99. The molecular formula is C14H11F2NO2. The molecule has 1 amide bonds. The van der Waals surface area contributed by atoms with Gasteiger partial charge in [0.25, 0.3) is 5.91 Å². The molecule has 5 heteroatoms. The maximum atomic E-state index is 13.5. The van der Waals surface area contributed by atoms with Crippen molar-refractivity contribution < 1.29 is 18.7 Å². The Morgan fingerprint density at radius 3 is 2.58 bits per heavy atom. The van der Waals surface area contributed by atoms with E-state index >= 15 is 0 Å². The minimum Gasteiger partial charge on any atom is -0.507 e. The van der Waals surface area contributed by atoms with Crippen LogP contribution in [0.2, 0.25) is 0 Å². The van der Waals surface area contributed by atoms with Gasteiger partial charge in [-0.1, -0.05) is 12.1 Å². The average molecular weight is 263 g/mol. The van der Waals surface area contributed by atoms with Crippen molar-refractivity contribution in [3.8, 4) is 5.75 Å². The summed E-state index contributed by atoms with van der Waals surface area (Å²) in [5, 5.41) is 11.7. The Morgan fingerprint density at radius 2 is 1.89 bits per heavy atom. The van der Waals surface area contributed by atoms with Crippen LogP contribution in [-0.4, -0.2) is 11.0 Å². The van der Waals surface area contributed by atoms with Crippen LogP contribution in [0.4, 0.5) is 14.5 Å². The fourth-order valence-electron chi connectivity index (χ4n) is 1.66. The normalized spacial score (nSPS) is 10.3. The highest BCUT2D eigenvalue weighted by Crippen LogP contribution is 2.22. The quantitative estimate of drug-likeness (QED) is 0.873. The Balaban J connectivity index is 2.34. The summed E-state index contributed by atoms with van der Waals surface area (Å²) in [6.45, 7) is 1.73. The summed E-state index contributed by atoms with van der Waals surface area (Å²) in [5.74, 6) is -2.90. The summed E-state index contributed by atoms with van der Waals surface area (Å²) in [6, 6.07) is 7.67. The molecule has 0 aliphatic rings. The Hall–Kier alpha value is -2.43. The van der Waals surface area contributed by atoms with Crippen LogP contribution in [0.15, 0.2) is 36.4 Å². The van der Waals surface area contributed by atoms with E-state index in [0.29, 0.717) is 0 Å². The average Bonchev–Trinajstić information content (AvgIpc) is 2.33. The topological polar surface area (TPSA) is 49.3 Å². The van der Waals surface area contributed by atoms with E-state index < -0.39 is 28.9 Å². The van der Waals surface area contributed by atoms with Crippen LogP contribution in [0.5, 0.6) is 5.75 Å². The van der Waals surface area contributed by atoms with Crippen molar-refractivity contribution in [2.24, 2.45) is 0 Å². The maximum Gasteiger partial charge on any atom is 0.262 e. The number of hydrogen-bond donors (Lipinski definition) is 2. The smallest absolute Gasteiger partial charge is 0.262 e. The molecule has 2 aromatic carbocycles. The summed E-state index contributed by atoms with van der Waals surface area (Å²) in [7, 11) is 0. The molecule has 0 fully saturated rings. The van der Waals surface area contributed by atoms with E-state index in [2.05, 4.69) is 5.32 Å². The SMILES string of the molecule is Cc1ccc(F)c(NC(=O)c2c(O)cccc2F)c1. The van der Waals surface area contributed by atoms with Crippen LogP contribution >= 0.6 is 0 Å². The van der Waals surface area contributed by atoms with Gasteiger partial charge < -0.3 is 10.4 Å². The lowest BCUT2D eigenvalue weighted by atomic mass is 10.1. The first-order valence-electron chi connectivity index (χ1n) is 5.54. The summed E-state index contributed by atoms with van der Waals surface area (Å²) >= 11 is 0. The molecule has 0 aromatic heterocycles. The fraction of sp³-hybridized carbons (Fsp3) is 0.0714. The van der Waals surface area contributed by atoms with E-state index in [-0.39, 0.29) is 5.69 Å². The second-order valence-corrected chi connectivity index (χ2v) is 4.07. The molecule has 0 aliphatic carbocycles. The second-order valence-electron chi connectivity index (χ2n) is 4.07. The van der Waals surface area contributed by atoms with E-state index in [1.54, 1.807) is 13.0 Å². The molecule has 0 aliphatic heterocycles. The van der Waals surface area contributed by atoms with Gasteiger partial charge in [-0.25, -0.2) is 8.78 Å². The van der Waals surface area contributed by atoms with Gasteiger partial charge in [0, 0.05) is 0 Å². The van der Waals surface area contributed by atoms with Gasteiger partial charge in [0.15, 0.2) is 0 Å². The lowest BCUT2D eigenvalue weighted by molar-refractivity contribution is 0.102. The van der Waals surface area contributed by atoms with Crippen LogP contribution < -0.4 is 5.32 Å². The molecule has 0 spiro atoms. The lowest BCUT2D eigenvalue weighted by Gasteiger charge is -2.09. The third kappa shape index (κ3) is 2.70. The van der Waals surface area contributed by atoms with Crippen LogP contribution in [0.1, 0.15) is 15.9 Å². The van der Waals surface area contributed by atoms with Gasteiger partial charge >= 0.3 is 0 Å². The van der Waals surface area contributed by atoms with Crippen molar-refractivity contribution in [1.82, 2.24) is 0 Å². The maximum absolute atomic E-state index is 13.5. The lowest BCUT2D eigenvalue weighted by Crippen LogP contribution is -2.15. The standard InChI is InChI=1S/C14H11F2NO2/c1-8-5-6-9(15)11(7-8)17-14(19)13-10(16)3-2-4-12(13)18/h2-7,18H,1H3,(H,17,19). The van der Waals surface area contributed by atoms with E-state index in [1.807, 2.05) is 0 Å². The monoisotopic (exact) mass is 263 g/mol. The molecule has 2 rings (SSSR count). The first kappa shape index (κ1) is 13.0. The molecular weight excluding hydrogens is 252 g/mol. The number of amides is 1. The van der Waals surface area contributed by atoms with Crippen LogP contribution in [0.3, 0.4) is 0 Å². The molecule has 0 radical (unpaired) electrons. The summed E-state index contributed by atoms with van der Waals surface area (Å²) < 4.78 is 26.9. The van der Waals surface area contributed by atoms with E-state index in [4.69, 9.17) is 0 Å². The van der Waals surface area contributed by atoms with Crippen molar-refractivity contribution in [2.45, 2.75) is 6.92 Å². The number of anilines is 1. The zero-order valence-electron chi connectivity index (χ0n) is 10.1. The number of phenolic OH excluding ortho intramolecular Hbond substituents is 1. The molecule has 3 nitrogen and oxygen atoms in total. The number of phenols is 1. The zero-order chi connectivity index (χ0) is 14.0. The fourth-order valence-corrected chi connectivity index (χ4v) is 1.66. The molecule has 19 heavy (non-hydrogen) atoms. The number of aryl methyl sites for hydroxylation is 1. The van der Waals surface area contributed by atoms with Gasteiger partial charge in [-0.3, -0.25) is 4.79 Å².